The van der Waals surface area contributed by atoms with Crippen molar-refractivity contribution in [2.45, 2.75) is 6.54 Å². The zero-order valence-electron chi connectivity index (χ0n) is 12.6. The second kappa shape index (κ2) is 8.38. The van der Waals surface area contributed by atoms with Crippen molar-refractivity contribution in [2.75, 3.05) is 20.2 Å². The molecule has 0 saturated heterocycles. The Morgan fingerprint density at radius 1 is 1.26 bits per heavy atom. The number of benzene rings is 1. The SMILES string of the molecule is CN(CC(=O)NCc1ccco1)C(=O)COc1ccccc1Br. The smallest absolute Gasteiger partial charge is 0.260 e. The summed E-state index contributed by atoms with van der Waals surface area (Å²) in [6, 6.07) is 10.8. The van der Waals surface area contributed by atoms with Crippen molar-refractivity contribution in [1.82, 2.24) is 10.2 Å². The zero-order chi connectivity index (χ0) is 16.7. The highest BCUT2D eigenvalue weighted by Crippen LogP contribution is 2.23. The number of para-hydroxylation sites is 1. The molecule has 0 fully saturated rings. The third kappa shape index (κ3) is 5.45. The predicted octanol–water partition coefficient (Wildman–Crippen LogP) is 2.20. The maximum Gasteiger partial charge on any atom is 0.260 e. The first-order chi connectivity index (χ1) is 11.1. The molecule has 2 rings (SSSR count). The summed E-state index contributed by atoms with van der Waals surface area (Å²) >= 11 is 3.34. The summed E-state index contributed by atoms with van der Waals surface area (Å²) in [5.41, 5.74) is 0. The minimum Gasteiger partial charge on any atom is -0.483 e. The van der Waals surface area contributed by atoms with Crippen LogP contribution in [0.1, 0.15) is 5.76 Å². The van der Waals surface area contributed by atoms with Gasteiger partial charge in [0.25, 0.3) is 5.91 Å². The van der Waals surface area contributed by atoms with E-state index in [4.69, 9.17) is 9.15 Å². The average molecular weight is 381 g/mol. The lowest BCUT2D eigenvalue weighted by Crippen LogP contribution is -2.40. The van der Waals surface area contributed by atoms with Gasteiger partial charge >= 0.3 is 0 Å². The molecular weight excluding hydrogens is 364 g/mol. The summed E-state index contributed by atoms with van der Waals surface area (Å²) in [7, 11) is 1.55. The number of likely N-dealkylation sites (N-methyl/N-ethyl adjacent to an activating group) is 1. The van der Waals surface area contributed by atoms with Crippen LogP contribution in [0.15, 0.2) is 51.6 Å². The van der Waals surface area contributed by atoms with Gasteiger partial charge < -0.3 is 19.4 Å². The molecule has 1 aromatic carbocycles. The minimum absolute atomic E-state index is 0.0428. The van der Waals surface area contributed by atoms with E-state index in [2.05, 4.69) is 21.2 Å². The van der Waals surface area contributed by atoms with Crippen molar-refractivity contribution < 1.29 is 18.7 Å². The van der Waals surface area contributed by atoms with E-state index in [1.54, 1.807) is 25.2 Å². The molecule has 7 heteroatoms. The van der Waals surface area contributed by atoms with Crippen molar-refractivity contribution in [3.8, 4) is 5.75 Å². The molecule has 1 N–H and O–H groups in total. The molecule has 0 saturated carbocycles. The van der Waals surface area contributed by atoms with Gasteiger partial charge in [-0.3, -0.25) is 9.59 Å². The Hall–Kier alpha value is -2.28. The van der Waals surface area contributed by atoms with E-state index in [0.29, 0.717) is 18.1 Å². The van der Waals surface area contributed by atoms with Gasteiger partial charge in [-0.15, -0.1) is 0 Å². The Balaban J connectivity index is 1.73. The summed E-state index contributed by atoms with van der Waals surface area (Å²) in [4.78, 5) is 25.1. The summed E-state index contributed by atoms with van der Waals surface area (Å²) in [6.45, 7) is 0.116. The lowest BCUT2D eigenvalue weighted by Gasteiger charge is -2.17. The van der Waals surface area contributed by atoms with Gasteiger partial charge in [0, 0.05) is 7.05 Å². The molecule has 0 aliphatic carbocycles. The van der Waals surface area contributed by atoms with E-state index < -0.39 is 0 Å². The summed E-state index contributed by atoms with van der Waals surface area (Å²) in [5.74, 6) is 0.688. The van der Waals surface area contributed by atoms with E-state index in [1.165, 1.54) is 11.2 Å². The number of nitrogens with zero attached hydrogens (tertiary/aromatic N) is 1. The molecule has 0 aliphatic heterocycles. The monoisotopic (exact) mass is 380 g/mol. The second-order valence-electron chi connectivity index (χ2n) is 4.82. The number of carbonyl (C=O) groups is 2. The van der Waals surface area contributed by atoms with Gasteiger partial charge in [-0.2, -0.15) is 0 Å². The fourth-order valence-corrected chi connectivity index (χ4v) is 2.17. The second-order valence-corrected chi connectivity index (χ2v) is 5.68. The molecule has 2 amide bonds. The van der Waals surface area contributed by atoms with Gasteiger partial charge in [0.05, 0.1) is 23.8 Å². The van der Waals surface area contributed by atoms with E-state index in [1.807, 2.05) is 18.2 Å². The van der Waals surface area contributed by atoms with Crippen LogP contribution >= 0.6 is 15.9 Å². The van der Waals surface area contributed by atoms with Gasteiger partial charge in [-0.25, -0.2) is 0 Å². The molecule has 0 radical (unpaired) electrons. The highest BCUT2D eigenvalue weighted by molar-refractivity contribution is 9.10. The van der Waals surface area contributed by atoms with Crippen LogP contribution in [-0.2, 0) is 16.1 Å². The van der Waals surface area contributed by atoms with Crippen molar-refractivity contribution in [1.29, 1.82) is 0 Å². The van der Waals surface area contributed by atoms with Crippen LogP contribution in [0.25, 0.3) is 0 Å². The molecule has 0 bridgehead atoms. The standard InChI is InChI=1S/C16H17BrN2O4/c1-19(10-15(20)18-9-12-5-4-8-22-12)16(21)11-23-14-7-3-2-6-13(14)17/h2-8H,9-11H2,1H3,(H,18,20). The molecular formula is C16H17BrN2O4. The highest BCUT2D eigenvalue weighted by atomic mass is 79.9. The topological polar surface area (TPSA) is 71.8 Å². The van der Waals surface area contributed by atoms with Crippen LogP contribution in [-0.4, -0.2) is 36.9 Å². The Kier molecular flexibility index (Phi) is 6.22. The van der Waals surface area contributed by atoms with Crippen LogP contribution in [0.2, 0.25) is 0 Å². The molecule has 6 nitrogen and oxygen atoms in total. The zero-order valence-corrected chi connectivity index (χ0v) is 14.2. The molecule has 1 heterocycles. The largest absolute Gasteiger partial charge is 0.483 e. The van der Waals surface area contributed by atoms with E-state index in [-0.39, 0.29) is 25.0 Å². The van der Waals surface area contributed by atoms with E-state index in [0.717, 1.165) is 4.47 Å². The van der Waals surface area contributed by atoms with Crippen LogP contribution < -0.4 is 10.1 Å². The molecule has 2 aromatic rings. The number of hydrogen-bond donors (Lipinski definition) is 1. The van der Waals surface area contributed by atoms with Gasteiger partial charge in [0.1, 0.15) is 11.5 Å². The number of hydrogen-bond acceptors (Lipinski definition) is 4. The van der Waals surface area contributed by atoms with E-state index >= 15 is 0 Å². The Labute approximate surface area is 142 Å². The first kappa shape index (κ1) is 17.1. The Bertz CT molecular complexity index is 658. The molecule has 23 heavy (non-hydrogen) atoms. The Morgan fingerprint density at radius 2 is 2.04 bits per heavy atom. The van der Waals surface area contributed by atoms with Gasteiger partial charge in [-0.1, -0.05) is 12.1 Å². The molecule has 122 valence electrons. The van der Waals surface area contributed by atoms with Crippen molar-refractivity contribution in [3.63, 3.8) is 0 Å². The lowest BCUT2D eigenvalue weighted by atomic mass is 10.3. The molecule has 0 unspecified atom stereocenters. The quantitative estimate of drug-likeness (QED) is 0.798. The average Bonchev–Trinajstić information content (AvgIpc) is 3.05. The first-order valence-corrected chi connectivity index (χ1v) is 7.76. The minimum atomic E-state index is -0.283. The Morgan fingerprint density at radius 3 is 2.74 bits per heavy atom. The summed E-state index contributed by atoms with van der Waals surface area (Å²) < 4.78 is 11.3. The number of rotatable bonds is 7. The summed E-state index contributed by atoms with van der Waals surface area (Å²) in [5, 5.41) is 2.68. The van der Waals surface area contributed by atoms with Crippen LogP contribution in [0.3, 0.4) is 0 Å². The van der Waals surface area contributed by atoms with Gasteiger partial charge in [-0.05, 0) is 40.2 Å². The fraction of sp³-hybridized carbons (Fsp3) is 0.250. The number of nitrogens with one attached hydrogen (secondary N) is 1. The van der Waals surface area contributed by atoms with Gasteiger partial charge in [0.2, 0.25) is 5.91 Å². The van der Waals surface area contributed by atoms with Crippen molar-refractivity contribution >= 4 is 27.7 Å². The third-order valence-corrected chi connectivity index (χ3v) is 3.69. The third-order valence-electron chi connectivity index (χ3n) is 3.03. The number of carbonyl (C=O) groups excluding carboxylic acids is 2. The highest BCUT2D eigenvalue weighted by Gasteiger charge is 2.14. The van der Waals surface area contributed by atoms with Crippen molar-refractivity contribution in [3.05, 3.63) is 52.9 Å². The van der Waals surface area contributed by atoms with Crippen LogP contribution in [0.4, 0.5) is 0 Å². The predicted molar refractivity (Wildman–Crippen MR) is 87.8 cm³/mol. The van der Waals surface area contributed by atoms with Gasteiger partial charge in [0.15, 0.2) is 6.61 Å². The van der Waals surface area contributed by atoms with Crippen LogP contribution in [0, 0.1) is 0 Å². The molecule has 0 atom stereocenters. The van der Waals surface area contributed by atoms with E-state index in [9.17, 15) is 9.59 Å². The number of amides is 2. The number of ether oxygens (including phenoxy) is 1. The molecule has 0 spiro atoms. The van der Waals surface area contributed by atoms with Crippen molar-refractivity contribution in [2.24, 2.45) is 0 Å². The molecule has 1 aromatic heterocycles. The lowest BCUT2D eigenvalue weighted by molar-refractivity contribution is -0.136. The maximum atomic E-state index is 12.0. The fourth-order valence-electron chi connectivity index (χ4n) is 1.77. The molecule has 0 aliphatic rings. The van der Waals surface area contributed by atoms with Crippen LogP contribution in [0.5, 0.6) is 5.75 Å². The maximum absolute atomic E-state index is 12.0. The number of halogens is 1. The normalized spacial score (nSPS) is 10.2. The first-order valence-electron chi connectivity index (χ1n) is 6.96. The summed E-state index contributed by atoms with van der Waals surface area (Å²) in [6.07, 6.45) is 1.54. The number of furan rings is 1.